The molecule has 3 amide bonds. The minimum absolute atomic E-state index is 0.0559. The van der Waals surface area contributed by atoms with Gasteiger partial charge < -0.3 is 20.6 Å². The molecule has 2 aromatic rings. The number of β-amino-alcohol motifs (C(OH)–C–C–N with tert-alkyl or cyclic N) is 1. The molecule has 1 saturated heterocycles. The van der Waals surface area contributed by atoms with Gasteiger partial charge in [-0.2, -0.15) is 0 Å². The monoisotopic (exact) mass is 514 g/mol. The van der Waals surface area contributed by atoms with Crippen LogP contribution in [0.5, 0.6) is 0 Å². The van der Waals surface area contributed by atoms with Gasteiger partial charge in [-0.1, -0.05) is 45.9 Å². The summed E-state index contributed by atoms with van der Waals surface area (Å²) in [4.78, 5) is 45.4. The maximum absolute atomic E-state index is 13.4. The fourth-order valence-corrected chi connectivity index (χ4v) is 5.54. The zero-order chi connectivity index (χ0) is 26.8. The first kappa shape index (κ1) is 27.8. The van der Waals surface area contributed by atoms with Crippen molar-refractivity contribution >= 4 is 29.1 Å². The third kappa shape index (κ3) is 6.13. The maximum Gasteiger partial charge on any atom is 0.246 e. The molecule has 1 aliphatic rings. The molecular formula is C27H38N4O4S. The van der Waals surface area contributed by atoms with Crippen molar-refractivity contribution in [2.24, 2.45) is 5.41 Å². The quantitative estimate of drug-likeness (QED) is 0.525. The Kier molecular flexibility index (Phi) is 8.56. The van der Waals surface area contributed by atoms with E-state index < -0.39 is 23.6 Å². The van der Waals surface area contributed by atoms with Gasteiger partial charge in [0, 0.05) is 19.9 Å². The van der Waals surface area contributed by atoms with E-state index in [9.17, 15) is 19.5 Å². The van der Waals surface area contributed by atoms with Crippen LogP contribution in [0.25, 0.3) is 10.4 Å². The molecule has 0 unspecified atom stereocenters. The summed E-state index contributed by atoms with van der Waals surface area (Å²) >= 11 is 1.62. The standard InChI is InChI=1S/C27H38N4O4S/c1-8-18-11-19(9-10-21(18)23-16(3)28-14-36-23)15(2)29-25(34)22-12-20(33)13-31(22)26(35)24(27(5,6)7)30-17(4)32/h9-11,14-15,20,22,24,33H,8,12-13H2,1-7H3,(H,29,34)(H,30,32)/t15-,20+,22-,24+/m0/s1. The van der Waals surface area contributed by atoms with Crippen molar-refractivity contribution in [3.8, 4) is 10.4 Å². The highest BCUT2D eigenvalue weighted by Gasteiger charge is 2.44. The van der Waals surface area contributed by atoms with Gasteiger partial charge in [0.05, 0.1) is 28.2 Å². The van der Waals surface area contributed by atoms with E-state index >= 15 is 0 Å². The normalized spacial score (nSPS) is 19.6. The topological polar surface area (TPSA) is 112 Å². The van der Waals surface area contributed by atoms with Crippen LogP contribution in [-0.2, 0) is 20.8 Å². The van der Waals surface area contributed by atoms with Crippen molar-refractivity contribution in [1.29, 1.82) is 0 Å². The van der Waals surface area contributed by atoms with E-state index in [-0.39, 0.29) is 36.7 Å². The molecule has 0 aliphatic carbocycles. The molecule has 1 fully saturated rings. The van der Waals surface area contributed by atoms with E-state index in [1.807, 2.05) is 46.2 Å². The Balaban J connectivity index is 1.79. The maximum atomic E-state index is 13.4. The molecule has 0 spiro atoms. The number of nitrogens with one attached hydrogen (secondary N) is 2. The number of hydrogen-bond donors (Lipinski definition) is 3. The Labute approximate surface area is 217 Å². The smallest absolute Gasteiger partial charge is 0.246 e. The highest BCUT2D eigenvalue weighted by atomic mass is 32.1. The number of benzene rings is 1. The van der Waals surface area contributed by atoms with E-state index in [2.05, 4.69) is 34.7 Å². The van der Waals surface area contributed by atoms with Gasteiger partial charge >= 0.3 is 0 Å². The number of aliphatic hydroxyl groups is 1. The van der Waals surface area contributed by atoms with E-state index in [4.69, 9.17) is 0 Å². The molecule has 3 rings (SSSR count). The van der Waals surface area contributed by atoms with Crippen LogP contribution in [0.2, 0.25) is 0 Å². The lowest BCUT2D eigenvalue weighted by Gasteiger charge is -2.35. The third-order valence-electron chi connectivity index (χ3n) is 6.68. The zero-order valence-electron chi connectivity index (χ0n) is 22.2. The molecule has 36 heavy (non-hydrogen) atoms. The summed E-state index contributed by atoms with van der Waals surface area (Å²) in [6, 6.07) is 4.30. The van der Waals surface area contributed by atoms with E-state index in [1.165, 1.54) is 17.4 Å². The predicted octanol–water partition coefficient (Wildman–Crippen LogP) is 3.37. The molecule has 3 N–H and O–H groups in total. The second-order valence-corrected chi connectivity index (χ2v) is 11.5. The molecule has 196 valence electrons. The molecule has 0 saturated carbocycles. The number of nitrogens with zero attached hydrogens (tertiary/aromatic N) is 2. The summed E-state index contributed by atoms with van der Waals surface area (Å²) in [7, 11) is 0. The van der Waals surface area contributed by atoms with E-state index in [1.54, 1.807) is 11.3 Å². The lowest BCUT2D eigenvalue weighted by atomic mass is 9.85. The predicted molar refractivity (Wildman–Crippen MR) is 141 cm³/mol. The van der Waals surface area contributed by atoms with Crippen LogP contribution in [0.15, 0.2) is 23.7 Å². The first-order valence-electron chi connectivity index (χ1n) is 12.4. The Morgan fingerprint density at radius 1 is 1.25 bits per heavy atom. The summed E-state index contributed by atoms with van der Waals surface area (Å²) in [6.45, 7) is 13.0. The van der Waals surface area contributed by atoms with Gasteiger partial charge in [0.1, 0.15) is 12.1 Å². The number of amides is 3. The number of aromatic nitrogens is 1. The summed E-state index contributed by atoms with van der Waals surface area (Å²) < 4.78 is 0. The molecule has 1 aromatic carbocycles. The van der Waals surface area contributed by atoms with E-state index in [0.29, 0.717) is 0 Å². The molecule has 2 heterocycles. The van der Waals surface area contributed by atoms with Crippen molar-refractivity contribution in [2.75, 3.05) is 6.54 Å². The number of hydrogen-bond acceptors (Lipinski definition) is 6. The van der Waals surface area contributed by atoms with Gasteiger partial charge in [-0.25, -0.2) is 4.98 Å². The summed E-state index contributed by atoms with van der Waals surface area (Å²) in [5.74, 6) is -0.996. The van der Waals surface area contributed by atoms with Crippen molar-refractivity contribution in [3.05, 3.63) is 40.5 Å². The Hall–Kier alpha value is -2.78. The number of carbonyl (C=O) groups is 3. The highest BCUT2D eigenvalue weighted by molar-refractivity contribution is 7.13. The average Bonchev–Trinajstić information content (AvgIpc) is 3.41. The first-order valence-corrected chi connectivity index (χ1v) is 13.3. The molecule has 4 atom stereocenters. The lowest BCUT2D eigenvalue weighted by Crippen LogP contribution is -2.57. The SMILES string of the molecule is CCc1cc([C@H](C)NC(=O)[C@@H]2C[C@@H](O)CN2C(=O)[C@@H](NC(C)=O)C(C)(C)C)ccc1-c1scnc1C. The molecule has 9 heteroatoms. The number of thiazole rings is 1. The van der Waals surface area contributed by atoms with Crippen molar-refractivity contribution < 1.29 is 19.5 Å². The van der Waals surface area contributed by atoms with Crippen LogP contribution in [0.3, 0.4) is 0 Å². The number of rotatable bonds is 7. The number of aryl methyl sites for hydroxylation is 2. The molecule has 0 radical (unpaired) electrons. The van der Waals surface area contributed by atoms with E-state index in [0.717, 1.165) is 28.1 Å². The fraction of sp³-hybridized carbons (Fsp3) is 0.556. The molecular weight excluding hydrogens is 476 g/mol. The summed E-state index contributed by atoms with van der Waals surface area (Å²) in [5, 5.41) is 16.1. The Morgan fingerprint density at radius 2 is 1.94 bits per heavy atom. The molecule has 0 bridgehead atoms. The second kappa shape index (κ2) is 11.1. The largest absolute Gasteiger partial charge is 0.391 e. The van der Waals surface area contributed by atoms with Gasteiger partial charge in [0.15, 0.2) is 0 Å². The van der Waals surface area contributed by atoms with Crippen LogP contribution in [0.4, 0.5) is 0 Å². The highest BCUT2D eigenvalue weighted by Crippen LogP contribution is 2.32. The van der Waals surface area contributed by atoms with Gasteiger partial charge in [-0.15, -0.1) is 11.3 Å². The van der Waals surface area contributed by atoms with Crippen LogP contribution < -0.4 is 10.6 Å². The van der Waals surface area contributed by atoms with Crippen LogP contribution in [-0.4, -0.2) is 57.4 Å². The fourth-order valence-electron chi connectivity index (χ4n) is 4.67. The summed E-state index contributed by atoms with van der Waals surface area (Å²) in [5.41, 5.74) is 5.59. The minimum Gasteiger partial charge on any atom is -0.391 e. The Morgan fingerprint density at radius 3 is 2.50 bits per heavy atom. The number of aliphatic hydroxyl groups excluding tert-OH is 1. The van der Waals surface area contributed by atoms with Crippen molar-refractivity contribution in [2.45, 2.75) is 85.5 Å². The van der Waals surface area contributed by atoms with Crippen LogP contribution in [0, 0.1) is 12.3 Å². The van der Waals surface area contributed by atoms with Crippen LogP contribution >= 0.6 is 11.3 Å². The molecule has 1 aromatic heterocycles. The molecule has 1 aliphatic heterocycles. The third-order valence-corrected chi connectivity index (χ3v) is 7.65. The Bertz CT molecular complexity index is 1120. The lowest BCUT2D eigenvalue weighted by molar-refractivity contribution is -0.144. The summed E-state index contributed by atoms with van der Waals surface area (Å²) in [6.07, 6.45) is 0.201. The van der Waals surface area contributed by atoms with Gasteiger partial charge in [0.2, 0.25) is 17.7 Å². The first-order chi connectivity index (χ1) is 16.8. The zero-order valence-corrected chi connectivity index (χ0v) is 23.0. The minimum atomic E-state index is -0.807. The van der Waals surface area contributed by atoms with Gasteiger partial charge in [-0.3, -0.25) is 14.4 Å². The molecule has 8 nitrogen and oxygen atoms in total. The van der Waals surface area contributed by atoms with Gasteiger partial charge in [-0.05, 0) is 42.4 Å². The van der Waals surface area contributed by atoms with Crippen molar-refractivity contribution in [1.82, 2.24) is 20.5 Å². The second-order valence-electron chi connectivity index (χ2n) is 10.7. The number of likely N-dealkylation sites (tertiary alicyclic amines) is 1. The van der Waals surface area contributed by atoms with Crippen LogP contribution in [0.1, 0.15) is 70.8 Å². The number of carbonyl (C=O) groups excluding carboxylic acids is 3. The average molecular weight is 515 g/mol. The van der Waals surface area contributed by atoms with Gasteiger partial charge in [0.25, 0.3) is 0 Å². The van der Waals surface area contributed by atoms with Crippen molar-refractivity contribution in [3.63, 3.8) is 0 Å².